The van der Waals surface area contributed by atoms with Crippen molar-refractivity contribution in [1.29, 1.82) is 0 Å². The molecule has 0 spiro atoms. The molecule has 3 heteroatoms. The fourth-order valence-electron chi connectivity index (χ4n) is 1.74. The van der Waals surface area contributed by atoms with E-state index in [2.05, 4.69) is 0 Å². The van der Waals surface area contributed by atoms with Crippen LogP contribution in [-0.2, 0) is 0 Å². The number of rotatable bonds is 5. The van der Waals surface area contributed by atoms with Gasteiger partial charge in [0, 0.05) is 0 Å². The topological polar surface area (TPSA) is 49.7 Å². The van der Waals surface area contributed by atoms with Gasteiger partial charge >= 0.3 is 0 Å². The van der Waals surface area contributed by atoms with Crippen molar-refractivity contribution in [3.8, 4) is 5.75 Å². The summed E-state index contributed by atoms with van der Waals surface area (Å²) in [6, 6.07) is 18.3. The summed E-state index contributed by atoms with van der Waals surface area (Å²) in [6.07, 6.45) is -1.52. The van der Waals surface area contributed by atoms with Gasteiger partial charge in [0.2, 0.25) is 0 Å². The third-order valence-electron chi connectivity index (χ3n) is 2.70. The maximum Gasteiger partial charge on any atom is 0.152 e. The first-order chi connectivity index (χ1) is 8.81. The van der Waals surface area contributed by atoms with Crippen molar-refractivity contribution in [2.45, 2.75) is 12.2 Å². The van der Waals surface area contributed by atoms with E-state index < -0.39 is 12.2 Å². The van der Waals surface area contributed by atoms with Gasteiger partial charge in [0.05, 0.1) is 6.61 Å². The molecule has 0 aliphatic rings. The number of aliphatic hydroxyl groups is 2. The minimum absolute atomic E-state index is 0.245. The summed E-state index contributed by atoms with van der Waals surface area (Å²) in [4.78, 5) is 0. The van der Waals surface area contributed by atoms with Gasteiger partial charge in [0.1, 0.15) is 11.9 Å². The van der Waals surface area contributed by atoms with Crippen molar-refractivity contribution in [3.05, 3.63) is 66.2 Å². The smallest absolute Gasteiger partial charge is 0.152 e. The molecule has 2 aromatic rings. The van der Waals surface area contributed by atoms with Crippen molar-refractivity contribution in [2.75, 3.05) is 6.61 Å². The summed E-state index contributed by atoms with van der Waals surface area (Å²) in [7, 11) is 0. The molecule has 2 rings (SSSR count). The van der Waals surface area contributed by atoms with Gasteiger partial charge in [0.15, 0.2) is 6.10 Å². The summed E-state index contributed by atoms with van der Waals surface area (Å²) in [5, 5.41) is 19.5. The Labute approximate surface area is 106 Å². The van der Waals surface area contributed by atoms with E-state index in [4.69, 9.17) is 4.74 Å². The first-order valence-corrected chi connectivity index (χ1v) is 5.87. The molecule has 18 heavy (non-hydrogen) atoms. The fourth-order valence-corrected chi connectivity index (χ4v) is 1.74. The second-order valence-corrected chi connectivity index (χ2v) is 4.01. The predicted octanol–water partition coefficient (Wildman–Crippen LogP) is 2.16. The third-order valence-corrected chi connectivity index (χ3v) is 2.70. The maximum absolute atomic E-state index is 10.2. The van der Waals surface area contributed by atoms with Gasteiger partial charge < -0.3 is 14.9 Å². The molecular weight excluding hydrogens is 228 g/mol. The minimum Gasteiger partial charge on any atom is -0.485 e. The van der Waals surface area contributed by atoms with Gasteiger partial charge in [-0.1, -0.05) is 48.5 Å². The second-order valence-electron chi connectivity index (χ2n) is 4.01. The Kier molecular flexibility index (Phi) is 4.34. The molecule has 2 N–H and O–H groups in total. The number of para-hydroxylation sites is 1. The average molecular weight is 244 g/mol. The number of benzene rings is 2. The molecule has 0 heterocycles. The van der Waals surface area contributed by atoms with Crippen molar-refractivity contribution in [2.24, 2.45) is 0 Å². The van der Waals surface area contributed by atoms with Gasteiger partial charge in [0.25, 0.3) is 0 Å². The van der Waals surface area contributed by atoms with Crippen LogP contribution >= 0.6 is 0 Å². The van der Waals surface area contributed by atoms with E-state index in [1.54, 1.807) is 12.1 Å². The zero-order chi connectivity index (χ0) is 12.8. The van der Waals surface area contributed by atoms with Crippen molar-refractivity contribution in [3.63, 3.8) is 0 Å². The molecule has 0 saturated carbocycles. The van der Waals surface area contributed by atoms with E-state index in [0.717, 1.165) is 5.56 Å². The zero-order valence-corrected chi connectivity index (χ0v) is 9.94. The van der Waals surface area contributed by atoms with Crippen molar-refractivity contribution >= 4 is 0 Å². The molecule has 0 fully saturated rings. The number of ether oxygens (including phenoxy) is 1. The lowest BCUT2D eigenvalue weighted by Gasteiger charge is -2.22. The van der Waals surface area contributed by atoms with Crippen LogP contribution in [0.3, 0.4) is 0 Å². The lowest BCUT2D eigenvalue weighted by molar-refractivity contribution is 0.000776. The van der Waals surface area contributed by atoms with Gasteiger partial charge in [-0.15, -0.1) is 0 Å². The number of aliphatic hydroxyl groups excluding tert-OH is 2. The summed E-state index contributed by atoms with van der Waals surface area (Å²) in [6.45, 7) is -0.245. The molecule has 0 aliphatic carbocycles. The molecule has 0 aliphatic heterocycles. The molecule has 2 unspecified atom stereocenters. The van der Waals surface area contributed by atoms with Crippen LogP contribution < -0.4 is 4.74 Å². The van der Waals surface area contributed by atoms with E-state index >= 15 is 0 Å². The van der Waals surface area contributed by atoms with Crippen LogP contribution in [-0.4, -0.2) is 22.9 Å². The highest BCUT2D eigenvalue weighted by atomic mass is 16.5. The van der Waals surface area contributed by atoms with Gasteiger partial charge in [-0.25, -0.2) is 0 Å². The van der Waals surface area contributed by atoms with Crippen LogP contribution in [0.1, 0.15) is 11.7 Å². The highest BCUT2D eigenvalue weighted by molar-refractivity contribution is 5.23. The number of hydrogen-bond acceptors (Lipinski definition) is 3. The van der Waals surface area contributed by atoms with Gasteiger partial charge in [-0.2, -0.15) is 0 Å². The average Bonchev–Trinajstić information content (AvgIpc) is 2.46. The van der Waals surface area contributed by atoms with Crippen LogP contribution in [0, 0.1) is 0 Å². The summed E-state index contributed by atoms with van der Waals surface area (Å²) >= 11 is 0. The summed E-state index contributed by atoms with van der Waals surface area (Å²) < 4.78 is 5.58. The van der Waals surface area contributed by atoms with E-state index in [1.807, 2.05) is 48.5 Å². The first-order valence-electron chi connectivity index (χ1n) is 5.87. The Morgan fingerprint density at radius 3 is 2.00 bits per heavy atom. The monoisotopic (exact) mass is 244 g/mol. The molecule has 2 aromatic carbocycles. The first kappa shape index (κ1) is 12.6. The molecule has 0 aromatic heterocycles. The Hall–Kier alpha value is -1.84. The van der Waals surface area contributed by atoms with E-state index in [0.29, 0.717) is 5.75 Å². The Morgan fingerprint density at radius 2 is 1.44 bits per heavy atom. The van der Waals surface area contributed by atoms with Crippen molar-refractivity contribution in [1.82, 2.24) is 0 Å². The van der Waals surface area contributed by atoms with Gasteiger partial charge in [-0.05, 0) is 17.7 Å². The van der Waals surface area contributed by atoms with Crippen LogP contribution in [0.5, 0.6) is 5.75 Å². The molecule has 2 atom stereocenters. The maximum atomic E-state index is 10.2. The largest absolute Gasteiger partial charge is 0.485 e. The van der Waals surface area contributed by atoms with E-state index in [9.17, 15) is 10.2 Å². The Morgan fingerprint density at radius 1 is 0.889 bits per heavy atom. The highest BCUT2D eigenvalue weighted by Crippen LogP contribution is 2.21. The van der Waals surface area contributed by atoms with Crippen LogP contribution in [0.25, 0.3) is 0 Å². The zero-order valence-electron chi connectivity index (χ0n) is 9.94. The minimum atomic E-state index is -0.851. The summed E-state index contributed by atoms with van der Waals surface area (Å²) in [5.74, 6) is 0.631. The SMILES string of the molecule is OCC(Oc1ccccc1)C(O)c1ccccc1. The molecule has 0 saturated heterocycles. The molecule has 94 valence electrons. The standard InChI is InChI=1S/C15H16O3/c16-11-14(18-13-9-5-2-6-10-13)15(17)12-7-3-1-4-8-12/h1-10,14-17H,11H2. The van der Waals surface area contributed by atoms with E-state index in [-0.39, 0.29) is 6.61 Å². The lowest BCUT2D eigenvalue weighted by Crippen LogP contribution is -2.29. The van der Waals surface area contributed by atoms with Crippen LogP contribution in [0.2, 0.25) is 0 Å². The lowest BCUT2D eigenvalue weighted by atomic mass is 10.1. The van der Waals surface area contributed by atoms with Crippen LogP contribution in [0.4, 0.5) is 0 Å². The Balaban J connectivity index is 2.09. The molecule has 3 nitrogen and oxygen atoms in total. The quantitative estimate of drug-likeness (QED) is 0.847. The van der Waals surface area contributed by atoms with Crippen LogP contribution in [0.15, 0.2) is 60.7 Å². The summed E-state index contributed by atoms with van der Waals surface area (Å²) in [5.41, 5.74) is 0.729. The normalized spacial score (nSPS) is 13.9. The fraction of sp³-hybridized carbons (Fsp3) is 0.200. The van der Waals surface area contributed by atoms with Gasteiger partial charge in [-0.3, -0.25) is 0 Å². The molecular formula is C15H16O3. The van der Waals surface area contributed by atoms with Crippen molar-refractivity contribution < 1.29 is 14.9 Å². The highest BCUT2D eigenvalue weighted by Gasteiger charge is 2.21. The molecule has 0 bridgehead atoms. The molecule has 0 amide bonds. The third kappa shape index (κ3) is 3.09. The Bertz CT molecular complexity index is 456. The number of hydrogen-bond donors (Lipinski definition) is 2. The van der Waals surface area contributed by atoms with E-state index in [1.165, 1.54) is 0 Å². The second kappa shape index (κ2) is 6.19. The predicted molar refractivity (Wildman–Crippen MR) is 69.3 cm³/mol. The molecule has 0 radical (unpaired) electrons.